The summed E-state index contributed by atoms with van der Waals surface area (Å²) in [7, 11) is 0. The van der Waals surface area contributed by atoms with Gasteiger partial charge in [0, 0.05) is 12.7 Å². The highest BCUT2D eigenvalue weighted by atomic mass is 79.9. The smallest absolute Gasteiger partial charge is 0.335 e. The number of carboxylic acids is 1. The fourth-order valence-corrected chi connectivity index (χ4v) is 2.83. The Hall–Kier alpha value is -2.94. The van der Waals surface area contributed by atoms with E-state index in [0.29, 0.717) is 12.4 Å². The Balaban J connectivity index is 1.61. The molecule has 0 bridgehead atoms. The summed E-state index contributed by atoms with van der Waals surface area (Å²) in [5.74, 6) is -1.28. The quantitative estimate of drug-likeness (QED) is 0.624. The third-order valence-electron chi connectivity index (χ3n) is 4.10. The van der Waals surface area contributed by atoms with Gasteiger partial charge in [-0.1, -0.05) is 12.1 Å². The van der Waals surface area contributed by atoms with Crippen LogP contribution in [0.3, 0.4) is 0 Å². The molecule has 0 aliphatic rings. The van der Waals surface area contributed by atoms with Crippen molar-refractivity contribution in [3.63, 3.8) is 0 Å². The largest absolute Gasteiger partial charge is 0.478 e. The first-order chi connectivity index (χ1) is 12.8. The molecule has 0 unspecified atom stereocenters. The number of carbonyl (C=O) groups excluding carboxylic acids is 1. The molecule has 0 aliphatic carbocycles. The molecular formula is C18H18BrN5O3. The van der Waals surface area contributed by atoms with E-state index in [0.717, 1.165) is 21.4 Å². The molecule has 0 saturated carbocycles. The van der Waals surface area contributed by atoms with E-state index in [9.17, 15) is 9.59 Å². The van der Waals surface area contributed by atoms with E-state index in [1.165, 1.54) is 12.1 Å². The van der Waals surface area contributed by atoms with Crippen molar-refractivity contribution in [3.05, 3.63) is 69.2 Å². The van der Waals surface area contributed by atoms with Gasteiger partial charge in [0.2, 0.25) is 0 Å². The monoisotopic (exact) mass is 431 g/mol. The van der Waals surface area contributed by atoms with Crippen LogP contribution in [0.1, 0.15) is 37.8 Å². The Kier molecular flexibility index (Phi) is 5.41. The van der Waals surface area contributed by atoms with Crippen LogP contribution in [-0.4, -0.2) is 36.5 Å². The van der Waals surface area contributed by atoms with E-state index in [-0.39, 0.29) is 18.0 Å². The molecule has 0 radical (unpaired) electrons. The normalized spacial score (nSPS) is 10.8. The molecule has 8 nitrogen and oxygen atoms in total. The summed E-state index contributed by atoms with van der Waals surface area (Å²) in [6.45, 7) is 4.56. The van der Waals surface area contributed by atoms with Gasteiger partial charge >= 0.3 is 5.97 Å². The summed E-state index contributed by atoms with van der Waals surface area (Å²) in [6.07, 6.45) is 1.72. The van der Waals surface area contributed by atoms with Crippen LogP contribution in [0.25, 0.3) is 0 Å². The first-order valence-corrected chi connectivity index (χ1v) is 8.98. The molecule has 27 heavy (non-hydrogen) atoms. The minimum Gasteiger partial charge on any atom is -0.478 e. The number of aromatic carboxylic acids is 1. The van der Waals surface area contributed by atoms with Crippen LogP contribution in [0.5, 0.6) is 0 Å². The molecule has 3 rings (SSSR count). The maximum absolute atomic E-state index is 12.3. The minimum absolute atomic E-state index is 0.208. The molecule has 9 heteroatoms. The number of aromatic nitrogens is 4. The molecule has 3 aromatic rings. The van der Waals surface area contributed by atoms with Gasteiger partial charge in [-0.2, -0.15) is 10.2 Å². The molecule has 0 atom stereocenters. The lowest BCUT2D eigenvalue weighted by Gasteiger charge is -2.05. The van der Waals surface area contributed by atoms with Gasteiger partial charge in [-0.25, -0.2) is 9.48 Å². The molecule has 0 saturated heterocycles. The van der Waals surface area contributed by atoms with Crippen molar-refractivity contribution in [1.82, 2.24) is 24.9 Å². The van der Waals surface area contributed by atoms with Gasteiger partial charge in [-0.15, -0.1) is 0 Å². The van der Waals surface area contributed by atoms with Crippen molar-refractivity contribution in [2.45, 2.75) is 27.1 Å². The molecule has 0 fully saturated rings. The number of aryl methyl sites for hydroxylation is 1. The third kappa shape index (κ3) is 4.25. The second-order valence-corrected chi connectivity index (χ2v) is 6.84. The topological polar surface area (TPSA) is 102 Å². The van der Waals surface area contributed by atoms with Gasteiger partial charge in [0.25, 0.3) is 5.91 Å². The van der Waals surface area contributed by atoms with E-state index < -0.39 is 5.97 Å². The summed E-state index contributed by atoms with van der Waals surface area (Å²) < 4.78 is 4.40. The Labute approximate surface area is 163 Å². The zero-order chi connectivity index (χ0) is 19.6. The van der Waals surface area contributed by atoms with Crippen LogP contribution in [0, 0.1) is 13.8 Å². The van der Waals surface area contributed by atoms with E-state index in [4.69, 9.17) is 5.11 Å². The van der Waals surface area contributed by atoms with Gasteiger partial charge in [0.15, 0.2) is 0 Å². The van der Waals surface area contributed by atoms with Crippen molar-refractivity contribution in [2.24, 2.45) is 0 Å². The minimum atomic E-state index is -0.981. The second-order valence-electron chi connectivity index (χ2n) is 6.05. The predicted octanol–water partition coefficient (Wildman–Crippen LogP) is 2.59. The lowest BCUT2D eigenvalue weighted by molar-refractivity contribution is 0.0696. The van der Waals surface area contributed by atoms with Gasteiger partial charge < -0.3 is 10.4 Å². The molecule has 0 spiro atoms. The summed E-state index contributed by atoms with van der Waals surface area (Å²) in [5.41, 5.74) is 3.20. The first kappa shape index (κ1) is 18.8. The summed E-state index contributed by atoms with van der Waals surface area (Å²) in [4.78, 5) is 23.1. The fourth-order valence-electron chi connectivity index (χ4n) is 2.55. The van der Waals surface area contributed by atoms with Crippen molar-refractivity contribution < 1.29 is 14.7 Å². The highest BCUT2D eigenvalue weighted by molar-refractivity contribution is 9.10. The Morgan fingerprint density at radius 1 is 1.15 bits per heavy atom. The molecule has 2 N–H and O–H groups in total. The van der Waals surface area contributed by atoms with Gasteiger partial charge in [-0.3, -0.25) is 9.48 Å². The number of rotatable bonds is 6. The zero-order valence-corrected chi connectivity index (χ0v) is 16.4. The van der Waals surface area contributed by atoms with Crippen molar-refractivity contribution in [2.75, 3.05) is 0 Å². The Bertz CT molecular complexity index is 991. The number of amides is 1. The van der Waals surface area contributed by atoms with Crippen LogP contribution >= 0.6 is 15.9 Å². The van der Waals surface area contributed by atoms with Crippen LogP contribution in [0.15, 0.2) is 41.0 Å². The molecule has 1 aromatic carbocycles. The third-order valence-corrected chi connectivity index (χ3v) is 5.25. The number of nitrogens with zero attached hydrogens (tertiary/aromatic N) is 4. The molecular weight excluding hydrogens is 414 g/mol. The highest BCUT2D eigenvalue weighted by Gasteiger charge is 2.12. The van der Waals surface area contributed by atoms with Crippen LogP contribution in [-0.2, 0) is 13.2 Å². The van der Waals surface area contributed by atoms with E-state index in [1.807, 2.05) is 13.8 Å². The van der Waals surface area contributed by atoms with Crippen molar-refractivity contribution >= 4 is 27.8 Å². The number of halogens is 1. The maximum Gasteiger partial charge on any atom is 0.335 e. The Morgan fingerprint density at radius 2 is 1.85 bits per heavy atom. The van der Waals surface area contributed by atoms with Crippen LogP contribution in [0.4, 0.5) is 0 Å². The summed E-state index contributed by atoms with van der Waals surface area (Å²) in [6, 6.07) is 7.99. The van der Waals surface area contributed by atoms with Crippen LogP contribution < -0.4 is 5.32 Å². The molecule has 2 aromatic heterocycles. The fraction of sp³-hybridized carbons (Fsp3) is 0.222. The average Bonchev–Trinajstić information content (AvgIpc) is 3.21. The molecule has 1 amide bonds. The number of hydrogen-bond acceptors (Lipinski definition) is 4. The second kappa shape index (κ2) is 7.75. The number of carboxylic acid groups (broad SMARTS) is 1. The van der Waals surface area contributed by atoms with E-state index in [1.54, 1.807) is 33.8 Å². The SMILES string of the molecule is Cc1nn(Cn2ccc(C(=O)NCc3ccc(C(=O)O)cc3)n2)c(C)c1Br. The maximum atomic E-state index is 12.3. The summed E-state index contributed by atoms with van der Waals surface area (Å²) in [5, 5.41) is 20.4. The molecule has 0 aliphatic heterocycles. The van der Waals surface area contributed by atoms with Crippen LogP contribution in [0.2, 0.25) is 0 Å². The van der Waals surface area contributed by atoms with Crippen molar-refractivity contribution in [1.29, 1.82) is 0 Å². The average molecular weight is 432 g/mol. The first-order valence-electron chi connectivity index (χ1n) is 8.18. The summed E-state index contributed by atoms with van der Waals surface area (Å²) >= 11 is 3.49. The number of carbonyl (C=O) groups is 2. The molecule has 140 valence electrons. The van der Waals surface area contributed by atoms with E-state index >= 15 is 0 Å². The number of nitrogens with one attached hydrogen (secondary N) is 1. The highest BCUT2D eigenvalue weighted by Crippen LogP contribution is 2.19. The lowest BCUT2D eigenvalue weighted by Crippen LogP contribution is -2.23. The molecule has 2 heterocycles. The van der Waals surface area contributed by atoms with Gasteiger partial charge in [0.05, 0.1) is 21.4 Å². The lowest BCUT2D eigenvalue weighted by atomic mass is 10.1. The standard InChI is InChI=1S/C18H18BrN5O3/c1-11-16(19)12(2)24(21-11)10-23-8-7-15(22-23)17(25)20-9-13-3-5-14(6-4-13)18(26)27/h3-8H,9-10H2,1-2H3,(H,20,25)(H,26,27). The zero-order valence-electron chi connectivity index (χ0n) is 14.8. The number of hydrogen-bond donors (Lipinski definition) is 2. The van der Waals surface area contributed by atoms with Crippen molar-refractivity contribution in [3.8, 4) is 0 Å². The Morgan fingerprint density at radius 3 is 2.44 bits per heavy atom. The van der Waals surface area contributed by atoms with Gasteiger partial charge in [-0.05, 0) is 53.5 Å². The van der Waals surface area contributed by atoms with E-state index in [2.05, 4.69) is 31.4 Å². The predicted molar refractivity (Wildman–Crippen MR) is 102 cm³/mol. The number of benzene rings is 1. The van der Waals surface area contributed by atoms with Gasteiger partial charge in [0.1, 0.15) is 12.4 Å².